The minimum atomic E-state index is -0.878. The zero-order chi connectivity index (χ0) is 10.7. The summed E-state index contributed by atoms with van der Waals surface area (Å²) in [5, 5.41) is 2.09. The number of benzene rings is 1. The quantitative estimate of drug-likeness (QED) is 0.814. The molecular weight excluding hydrogens is 212 g/mol. The summed E-state index contributed by atoms with van der Waals surface area (Å²) in [4.78, 5) is 10.9. The van der Waals surface area contributed by atoms with Crippen molar-refractivity contribution >= 4 is 23.2 Å². The second-order valence-electron chi connectivity index (χ2n) is 2.65. The second kappa shape index (κ2) is 4.37. The van der Waals surface area contributed by atoms with E-state index in [1.807, 2.05) is 0 Å². The van der Waals surface area contributed by atoms with Gasteiger partial charge in [-0.3, -0.25) is 4.79 Å². The number of carbonyl (C=O) groups excluding carboxylic acids is 1. The zero-order valence-corrected chi connectivity index (χ0v) is 8.16. The van der Waals surface area contributed by atoms with Gasteiger partial charge in [0.15, 0.2) is 5.82 Å². The molecule has 0 spiro atoms. The Morgan fingerprint density at radius 2 is 2.14 bits per heavy atom. The normalized spacial score (nSPS) is 10.0. The van der Waals surface area contributed by atoms with Gasteiger partial charge in [-0.05, 0) is 6.07 Å². The van der Waals surface area contributed by atoms with Gasteiger partial charge in [0, 0.05) is 12.5 Å². The Labute approximate surface area is 84.9 Å². The van der Waals surface area contributed by atoms with E-state index in [4.69, 9.17) is 11.6 Å². The predicted octanol–water partition coefficient (Wildman–Crippen LogP) is 2.97. The van der Waals surface area contributed by atoms with Crippen LogP contribution in [0.4, 0.5) is 14.5 Å². The monoisotopic (exact) mass is 219 g/mol. The number of hydrogen-bond donors (Lipinski definition) is 1. The highest BCUT2D eigenvalue weighted by molar-refractivity contribution is 6.33. The first kappa shape index (κ1) is 10.9. The van der Waals surface area contributed by atoms with Crippen LogP contribution < -0.4 is 5.32 Å². The molecule has 2 nitrogen and oxygen atoms in total. The molecular formula is C9H8ClF2NO. The van der Waals surface area contributed by atoms with Crippen LogP contribution in [0.15, 0.2) is 12.1 Å². The van der Waals surface area contributed by atoms with Gasteiger partial charge < -0.3 is 5.32 Å². The summed E-state index contributed by atoms with van der Waals surface area (Å²) in [7, 11) is 0. The molecule has 0 bridgehead atoms. The zero-order valence-electron chi connectivity index (χ0n) is 7.40. The summed E-state index contributed by atoms with van der Waals surface area (Å²) in [5.74, 6) is -2.03. The van der Waals surface area contributed by atoms with Crippen LogP contribution >= 0.6 is 11.6 Å². The summed E-state index contributed by atoms with van der Waals surface area (Å²) < 4.78 is 25.7. The van der Waals surface area contributed by atoms with Crippen molar-refractivity contribution in [3.05, 3.63) is 28.8 Å². The van der Waals surface area contributed by atoms with Gasteiger partial charge in [-0.1, -0.05) is 18.5 Å². The Balaban J connectivity index is 3.02. The van der Waals surface area contributed by atoms with Gasteiger partial charge in [0.2, 0.25) is 5.91 Å². The molecule has 0 aliphatic heterocycles. The Kier molecular flexibility index (Phi) is 3.41. The summed E-state index contributed by atoms with van der Waals surface area (Å²) in [6.45, 7) is 1.62. The van der Waals surface area contributed by atoms with E-state index in [1.165, 1.54) is 0 Å². The van der Waals surface area contributed by atoms with Crippen LogP contribution in [0, 0.1) is 11.6 Å². The van der Waals surface area contributed by atoms with E-state index in [9.17, 15) is 13.6 Å². The fourth-order valence-electron chi connectivity index (χ4n) is 0.889. The van der Waals surface area contributed by atoms with Crippen LogP contribution in [0.1, 0.15) is 13.3 Å². The molecule has 0 aliphatic carbocycles. The van der Waals surface area contributed by atoms with Crippen molar-refractivity contribution in [2.75, 3.05) is 5.32 Å². The van der Waals surface area contributed by atoms with E-state index in [-0.39, 0.29) is 23.0 Å². The van der Waals surface area contributed by atoms with Crippen molar-refractivity contribution in [3.63, 3.8) is 0 Å². The molecule has 0 radical (unpaired) electrons. The number of anilines is 1. The minimum Gasteiger partial charge on any atom is -0.322 e. The van der Waals surface area contributed by atoms with Crippen molar-refractivity contribution in [1.82, 2.24) is 0 Å². The highest BCUT2D eigenvalue weighted by Gasteiger charge is 2.11. The summed E-state index contributed by atoms with van der Waals surface area (Å²) in [5.41, 5.74) is -0.181. The highest BCUT2D eigenvalue weighted by atomic mass is 35.5. The molecule has 14 heavy (non-hydrogen) atoms. The molecule has 1 amide bonds. The highest BCUT2D eigenvalue weighted by Crippen LogP contribution is 2.26. The lowest BCUT2D eigenvalue weighted by Gasteiger charge is -2.06. The average molecular weight is 220 g/mol. The molecule has 1 aromatic rings. The molecule has 0 heterocycles. The first-order valence-corrected chi connectivity index (χ1v) is 4.36. The third-order valence-electron chi connectivity index (χ3n) is 1.59. The second-order valence-corrected chi connectivity index (χ2v) is 3.05. The average Bonchev–Trinajstić information content (AvgIpc) is 2.10. The molecule has 0 atom stereocenters. The maximum Gasteiger partial charge on any atom is 0.224 e. The number of halogens is 3. The van der Waals surface area contributed by atoms with E-state index < -0.39 is 11.6 Å². The van der Waals surface area contributed by atoms with E-state index in [1.54, 1.807) is 6.92 Å². The third kappa shape index (κ3) is 2.42. The molecule has 0 aromatic heterocycles. The molecule has 0 saturated carbocycles. The van der Waals surface area contributed by atoms with E-state index >= 15 is 0 Å². The Hall–Kier alpha value is -1.16. The molecule has 0 fully saturated rings. The third-order valence-corrected chi connectivity index (χ3v) is 1.89. The van der Waals surface area contributed by atoms with Gasteiger partial charge in [0.05, 0.1) is 10.7 Å². The lowest BCUT2D eigenvalue weighted by atomic mass is 10.3. The predicted molar refractivity (Wildman–Crippen MR) is 50.3 cm³/mol. The number of amides is 1. The first-order valence-electron chi connectivity index (χ1n) is 3.99. The lowest BCUT2D eigenvalue weighted by Crippen LogP contribution is -2.11. The maximum atomic E-state index is 13.1. The van der Waals surface area contributed by atoms with Gasteiger partial charge in [0.1, 0.15) is 5.82 Å². The standard InChI is InChI=1S/C9H8ClF2NO/c1-2-8(14)13-9-6(10)3-5(11)4-7(9)12/h3-4H,2H2,1H3,(H,13,14). The molecule has 1 rings (SSSR count). The topological polar surface area (TPSA) is 29.1 Å². The first-order chi connectivity index (χ1) is 6.54. The minimum absolute atomic E-state index is 0.149. The molecule has 0 unspecified atom stereocenters. The van der Waals surface area contributed by atoms with E-state index in [0.717, 1.165) is 6.07 Å². The van der Waals surface area contributed by atoms with Gasteiger partial charge >= 0.3 is 0 Å². The van der Waals surface area contributed by atoms with Crippen LogP contribution in [0.5, 0.6) is 0 Å². The molecule has 0 aliphatic rings. The van der Waals surface area contributed by atoms with Crippen molar-refractivity contribution in [2.45, 2.75) is 13.3 Å². The number of rotatable bonds is 2. The van der Waals surface area contributed by atoms with Crippen LogP contribution in [-0.4, -0.2) is 5.91 Å². The summed E-state index contributed by atoms with van der Waals surface area (Å²) in [6, 6.07) is 1.60. The van der Waals surface area contributed by atoms with Crippen LogP contribution in [0.2, 0.25) is 5.02 Å². The number of carbonyl (C=O) groups is 1. The molecule has 1 N–H and O–H groups in total. The smallest absolute Gasteiger partial charge is 0.224 e. The van der Waals surface area contributed by atoms with Crippen molar-refractivity contribution < 1.29 is 13.6 Å². The number of nitrogens with one attached hydrogen (secondary N) is 1. The largest absolute Gasteiger partial charge is 0.322 e. The Morgan fingerprint density at radius 3 is 2.64 bits per heavy atom. The van der Waals surface area contributed by atoms with Crippen LogP contribution in [-0.2, 0) is 4.79 Å². The summed E-state index contributed by atoms with van der Waals surface area (Å²) >= 11 is 5.54. The lowest BCUT2D eigenvalue weighted by molar-refractivity contribution is -0.115. The fraction of sp³-hybridized carbons (Fsp3) is 0.222. The van der Waals surface area contributed by atoms with Gasteiger partial charge in [-0.25, -0.2) is 8.78 Å². The van der Waals surface area contributed by atoms with Gasteiger partial charge in [0.25, 0.3) is 0 Å². The fourth-order valence-corrected chi connectivity index (χ4v) is 1.13. The Morgan fingerprint density at radius 1 is 1.50 bits per heavy atom. The molecule has 0 saturated heterocycles. The van der Waals surface area contributed by atoms with E-state index in [2.05, 4.69) is 5.32 Å². The van der Waals surface area contributed by atoms with Crippen molar-refractivity contribution in [3.8, 4) is 0 Å². The van der Waals surface area contributed by atoms with Gasteiger partial charge in [-0.15, -0.1) is 0 Å². The number of hydrogen-bond acceptors (Lipinski definition) is 1. The van der Waals surface area contributed by atoms with Crippen LogP contribution in [0.3, 0.4) is 0 Å². The molecule has 76 valence electrons. The van der Waals surface area contributed by atoms with Crippen molar-refractivity contribution in [2.24, 2.45) is 0 Å². The SMILES string of the molecule is CCC(=O)Nc1c(F)cc(F)cc1Cl. The molecule has 5 heteroatoms. The molecule has 1 aromatic carbocycles. The Bertz CT molecular complexity index is 345. The summed E-state index contributed by atoms with van der Waals surface area (Å²) in [6.07, 6.45) is 0.202. The van der Waals surface area contributed by atoms with Gasteiger partial charge in [-0.2, -0.15) is 0 Å². The maximum absolute atomic E-state index is 13.1. The van der Waals surface area contributed by atoms with E-state index in [0.29, 0.717) is 6.07 Å². The van der Waals surface area contributed by atoms with Crippen molar-refractivity contribution in [1.29, 1.82) is 0 Å². The van der Waals surface area contributed by atoms with Crippen LogP contribution in [0.25, 0.3) is 0 Å².